The second kappa shape index (κ2) is 8.00. The lowest BCUT2D eigenvalue weighted by Gasteiger charge is -2.33. The predicted octanol–water partition coefficient (Wildman–Crippen LogP) is 1.40. The van der Waals surface area contributed by atoms with Crippen LogP contribution in [0.1, 0.15) is 51.9 Å². The molecule has 6 nitrogen and oxygen atoms in total. The molecule has 0 aromatic heterocycles. The Labute approximate surface area is 125 Å². The van der Waals surface area contributed by atoms with Gasteiger partial charge in [-0.25, -0.2) is 0 Å². The fraction of sp³-hybridized carbons (Fsp3) is 0.800. The molecular formula is C15H26N2O4. The summed E-state index contributed by atoms with van der Waals surface area (Å²) >= 11 is 0. The molecule has 1 saturated carbocycles. The van der Waals surface area contributed by atoms with Gasteiger partial charge in [0.05, 0.1) is 12.0 Å². The third kappa shape index (κ3) is 5.02. The van der Waals surface area contributed by atoms with Gasteiger partial charge < -0.3 is 15.3 Å². The van der Waals surface area contributed by atoms with E-state index in [0.717, 1.165) is 25.7 Å². The third-order valence-corrected chi connectivity index (χ3v) is 4.13. The Morgan fingerprint density at radius 1 is 1.19 bits per heavy atom. The van der Waals surface area contributed by atoms with Crippen molar-refractivity contribution in [3.63, 3.8) is 0 Å². The molecule has 0 aromatic carbocycles. The van der Waals surface area contributed by atoms with Crippen LogP contribution in [-0.4, -0.2) is 47.9 Å². The molecule has 120 valence electrons. The number of carboxylic acids is 1. The fourth-order valence-corrected chi connectivity index (χ4v) is 2.74. The number of carbonyl (C=O) groups excluding carboxylic acids is 2. The average Bonchev–Trinajstić information content (AvgIpc) is 2.45. The normalized spacial score (nSPS) is 17.0. The van der Waals surface area contributed by atoms with E-state index >= 15 is 0 Å². The van der Waals surface area contributed by atoms with Crippen molar-refractivity contribution in [1.29, 1.82) is 0 Å². The van der Waals surface area contributed by atoms with Crippen LogP contribution in [-0.2, 0) is 14.4 Å². The highest BCUT2D eigenvalue weighted by molar-refractivity contribution is 5.88. The van der Waals surface area contributed by atoms with Gasteiger partial charge in [0.1, 0.15) is 0 Å². The first-order valence-electron chi connectivity index (χ1n) is 7.65. The molecule has 0 radical (unpaired) electrons. The van der Waals surface area contributed by atoms with E-state index in [2.05, 4.69) is 5.32 Å². The van der Waals surface area contributed by atoms with E-state index < -0.39 is 11.4 Å². The lowest BCUT2D eigenvalue weighted by Crippen LogP contribution is -2.43. The van der Waals surface area contributed by atoms with E-state index in [1.54, 1.807) is 7.05 Å². The highest BCUT2D eigenvalue weighted by atomic mass is 16.4. The SMILES string of the molecule is CCCNC(=O)CN(C)C(=O)CC1(C(=O)O)CCCCC1. The number of amides is 2. The number of hydrogen-bond donors (Lipinski definition) is 2. The topological polar surface area (TPSA) is 86.7 Å². The first kappa shape index (κ1) is 17.5. The number of nitrogens with one attached hydrogen (secondary N) is 1. The predicted molar refractivity (Wildman–Crippen MR) is 78.7 cm³/mol. The summed E-state index contributed by atoms with van der Waals surface area (Å²) in [6.07, 6.45) is 4.64. The summed E-state index contributed by atoms with van der Waals surface area (Å²) < 4.78 is 0. The van der Waals surface area contributed by atoms with Crippen LogP contribution in [0.4, 0.5) is 0 Å². The van der Waals surface area contributed by atoms with Crippen molar-refractivity contribution in [2.75, 3.05) is 20.1 Å². The van der Waals surface area contributed by atoms with Gasteiger partial charge in [-0.1, -0.05) is 26.2 Å². The van der Waals surface area contributed by atoms with Crippen LogP contribution in [0.3, 0.4) is 0 Å². The van der Waals surface area contributed by atoms with Gasteiger partial charge in [-0.3, -0.25) is 14.4 Å². The molecule has 0 bridgehead atoms. The minimum absolute atomic E-state index is 0.0140. The molecule has 0 aromatic rings. The summed E-state index contributed by atoms with van der Waals surface area (Å²) in [6, 6.07) is 0. The molecule has 1 rings (SSSR count). The van der Waals surface area contributed by atoms with Crippen LogP contribution in [0, 0.1) is 5.41 Å². The smallest absolute Gasteiger partial charge is 0.310 e. The highest BCUT2D eigenvalue weighted by Gasteiger charge is 2.42. The van der Waals surface area contributed by atoms with Gasteiger partial charge in [-0.2, -0.15) is 0 Å². The summed E-state index contributed by atoms with van der Waals surface area (Å²) in [4.78, 5) is 36.7. The van der Waals surface area contributed by atoms with Crippen molar-refractivity contribution in [3.8, 4) is 0 Å². The minimum Gasteiger partial charge on any atom is -0.481 e. The second-order valence-electron chi connectivity index (χ2n) is 5.92. The summed E-state index contributed by atoms with van der Waals surface area (Å²) in [6.45, 7) is 2.52. The Hall–Kier alpha value is -1.59. The lowest BCUT2D eigenvalue weighted by atomic mass is 9.71. The molecule has 2 N–H and O–H groups in total. The number of likely N-dealkylation sites (N-methyl/N-ethyl adjacent to an activating group) is 1. The Bertz CT molecular complexity index is 389. The first-order chi connectivity index (χ1) is 9.91. The van der Waals surface area contributed by atoms with Gasteiger partial charge in [0.15, 0.2) is 0 Å². The summed E-state index contributed by atoms with van der Waals surface area (Å²) in [5, 5.41) is 12.2. The Balaban J connectivity index is 2.57. The average molecular weight is 298 g/mol. The molecule has 0 atom stereocenters. The monoisotopic (exact) mass is 298 g/mol. The molecule has 1 fully saturated rings. The number of nitrogens with zero attached hydrogens (tertiary/aromatic N) is 1. The molecule has 1 aliphatic rings. The standard InChI is InChI=1S/C15H26N2O4/c1-3-9-16-12(18)11-17(2)13(19)10-15(14(20)21)7-5-4-6-8-15/h3-11H2,1-2H3,(H,16,18)(H,20,21). The number of hydrogen-bond acceptors (Lipinski definition) is 3. The molecule has 0 unspecified atom stereocenters. The fourth-order valence-electron chi connectivity index (χ4n) is 2.74. The second-order valence-corrected chi connectivity index (χ2v) is 5.92. The van der Waals surface area contributed by atoms with E-state index in [-0.39, 0.29) is 24.8 Å². The molecule has 0 aliphatic heterocycles. The van der Waals surface area contributed by atoms with E-state index in [1.165, 1.54) is 4.90 Å². The summed E-state index contributed by atoms with van der Waals surface area (Å²) in [5.41, 5.74) is -0.941. The Morgan fingerprint density at radius 3 is 2.33 bits per heavy atom. The maximum Gasteiger partial charge on any atom is 0.310 e. The number of rotatable bonds is 7. The molecule has 0 spiro atoms. The van der Waals surface area contributed by atoms with Crippen molar-refractivity contribution in [3.05, 3.63) is 0 Å². The highest BCUT2D eigenvalue weighted by Crippen LogP contribution is 2.39. The van der Waals surface area contributed by atoms with Gasteiger partial charge in [0.25, 0.3) is 0 Å². The van der Waals surface area contributed by atoms with Crippen LogP contribution < -0.4 is 5.32 Å². The largest absolute Gasteiger partial charge is 0.481 e. The summed E-state index contributed by atoms with van der Waals surface area (Å²) in [7, 11) is 1.55. The lowest BCUT2D eigenvalue weighted by molar-refractivity contribution is -0.155. The molecule has 0 heterocycles. The van der Waals surface area contributed by atoms with Crippen molar-refractivity contribution in [2.24, 2.45) is 5.41 Å². The number of carbonyl (C=O) groups is 3. The Kier molecular flexibility index (Phi) is 6.65. The molecule has 1 aliphatic carbocycles. The number of carboxylic acid groups (broad SMARTS) is 1. The molecule has 2 amide bonds. The zero-order valence-electron chi connectivity index (χ0n) is 13.0. The van der Waals surface area contributed by atoms with Crippen molar-refractivity contribution in [1.82, 2.24) is 10.2 Å². The van der Waals surface area contributed by atoms with Gasteiger partial charge in [0, 0.05) is 20.0 Å². The zero-order valence-corrected chi connectivity index (χ0v) is 13.0. The van der Waals surface area contributed by atoms with Crippen LogP contribution in [0.5, 0.6) is 0 Å². The minimum atomic E-state index is -0.941. The van der Waals surface area contributed by atoms with Gasteiger partial charge in [-0.15, -0.1) is 0 Å². The Morgan fingerprint density at radius 2 is 1.81 bits per heavy atom. The third-order valence-electron chi connectivity index (χ3n) is 4.13. The van der Waals surface area contributed by atoms with Gasteiger partial charge in [-0.05, 0) is 19.3 Å². The molecular weight excluding hydrogens is 272 g/mol. The zero-order chi connectivity index (χ0) is 15.9. The molecule has 21 heavy (non-hydrogen) atoms. The van der Waals surface area contributed by atoms with Crippen molar-refractivity contribution in [2.45, 2.75) is 51.9 Å². The molecule has 0 saturated heterocycles. The van der Waals surface area contributed by atoms with E-state index in [1.807, 2.05) is 6.92 Å². The van der Waals surface area contributed by atoms with E-state index in [4.69, 9.17) is 0 Å². The van der Waals surface area contributed by atoms with E-state index in [9.17, 15) is 19.5 Å². The van der Waals surface area contributed by atoms with Gasteiger partial charge in [0.2, 0.25) is 11.8 Å². The van der Waals surface area contributed by atoms with Gasteiger partial charge >= 0.3 is 5.97 Å². The van der Waals surface area contributed by atoms with Crippen LogP contribution in [0.25, 0.3) is 0 Å². The van der Waals surface area contributed by atoms with E-state index in [0.29, 0.717) is 19.4 Å². The first-order valence-corrected chi connectivity index (χ1v) is 7.65. The summed E-state index contributed by atoms with van der Waals surface area (Å²) in [5.74, 6) is -1.37. The quantitative estimate of drug-likeness (QED) is 0.743. The van der Waals surface area contributed by atoms with Crippen LogP contribution in [0.2, 0.25) is 0 Å². The van der Waals surface area contributed by atoms with Crippen molar-refractivity contribution >= 4 is 17.8 Å². The van der Waals surface area contributed by atoms with Crippen LogP contribution in [0.15, 0.2) is 0 Å². The number of aliphatic carboxylic acids is 1. The van der Waals surface area contributed by atoms with Crippen molar-refractivity contribution < 1.29 is 19.5 Å². The maximum atomic E-state index is 12.2. The maximum absolute atomic E-state index is 12.2. The molecule has 6 heteroatoms. The van der Waals surface area contributed by atoms with Crippen LogP contribution >= 0.6 is 0 Å².